The van der Waals surface area contributed by atoms with Gasteiger partial charge in [0.15, 0.2) is 0 Å². The van der Waals surface area contributed by atoms with Crippen LogP contribution in [-0.2, 0) is 10.8 Å². The topological polar surface area (TPSA) is 0 Å². The van der Waals surface area contributed by atoms with E-state index in [1.165, 1.54) is 109 Å². The Hall–Kier alpha value is -4.18. The van der Waals surface area contributed by atoms with Gasteiger partial charge in [-0.05, 0) is 115 Å². The van der Waals surface area contributed by atoms with Gasteiger partial charge in [-0.2, -0.15) is 0 Å². The Kier molecular flexibility index (Phi) is 5.05. The van der Waals surface area contributed by atoms with Crippen LogP contribution < -0.4 is 16.4 Å². The van der Waals surface area contributed by atoms with Gasteiger partial charge >= 0.3 is 0 Å². The van der Waals surface area contributed by atoms with E-state index in [0.29, 0.717) is 0 Å². The number of thiophene rings is 2. The van der Waals surface area contributed by atoms with E-state index in [1.54, 1.807) is 5.56 Å². The van der Waals surface area contributed by atoms with Gasteiger partial charge in [-0.15, -0.1) is 22.7 Å². The van der Waals surface area contributed by atoms with Crippen LogP contribution in [0.15, 0.2) is 103 Å². The van der Waals surface area contributed by atoms with E-state index in [0.717, 1.165) is 0 Å². The summed E-state index contributed by atoms with van der Waals surface area (Å²) >= 11 is 3.90. The Morgan fingerprint density at radius 1 is 0.489 bits per heavy atom. The molecule has 2 aliphatic heterocycles. The molecule has 3 heteroatoms. The van der Waals surface area contributed by atoms with Crippen LogP contribution in [0.2, 0.25) is 0 Å². The number of benzene rings is 6. The molecule has 224 valence electrons. The van der Waals surface area contributed by atoms with Gasteiger partial charge in [0, 0.05) is 29.6 Å². The minimum Gasteiger partial charge on any atom is -0.135 e. The molecule has 4 heterocycles. The SMILES string of the molecule is CC1(C)CCC(C)(C)c2c(-c3cc4c5c(c3)-c3cccc6sc7cccc(c7c36)B5c3cccc5sc6cccc-4c6c35)cccc21. The second kappa shape index (κ2) is 8.84. The lowest BCUT2D eigenvalue weighted by Gasteiger charge is -2.43. The van der Waals surface area contributed by atoms with Gasteiger partial charge in [0.1, 0.15) is 0 Å². The first-order chi connectivity index (χ1) is 22.8. The standard InChI is InChI=1S/C44H33BS2/c1-43(2)20-21-44(3,4)41-25(10-5-13-30(41)43)24-22-28-26-11-6-16-33-37(26)39-31(14-8-18-35(39)46-33)45-32-15-9-19-36-40(32)38-27(29(23-24)42(28)45)12-7-17-34(38)47-36/h5-19,22-23H,20-21H2,1-4H3. The van der Waals surface area contributed by atoms with Gasteiger partial charge in [-0.3, -0.25) is 0 Å². The molecule has 0 saturated heterocycles. The number of hydrogen-bond donors (Lipinski definition) is 0. The maximum Gasteiger partial charge on any atom is 0.244 e. The Morgan fingerprint density at radius 3 is 1.53 bits per heavy atom. The Morgan fingerprint density at radius 2 is 0.957 bits per heavy atom. The van der Waals surface area contributed by atoms with Crippen molar-refractivity contribution in [2.75, 3.05) is 0 Å². The third-order valence-corrected chi connectivity index (χ3v) is 14.2. The normalized spacial score (nSPS) is 16.6. The molecule has 6 aromatic carbocycles. The molecule has 11 rings (SSSR count). The molecule has 0 nitrogen and oxygen atoms in total. The highest BCUT2D eigenvalue weighted by Crippen LogP contribution is 2.51. The zero-order valence-electron chi connectivity index (χ0n) is 27.1. The van der Waals surface area contributed by atoms with Crippen LogP contribution in [0.4, 0.5) is 0 Å². The van der Waals surface area contributed by atoms with Gasteiger partial charge in [0.2, 0.25) is 6.71 Å². The van der Waals surface area contributed by atoms with Crippen LogP contribution >= 0.6 is 22.7 Å². The number of fused-ring (bicyclic) bond motifs is 5. The molecule has 0 radical (unpaired) electrons. The molecule has 0 unspecified atom stereocenters. The molecule has 0 saturated carbocycles. The quantitative estimate of drug-likeness (QED) is 0.157. The van der Waals surface area contributed by atoms with Gasteiger partial charge in [-0.1, -0.05) is 111 Å². The molecule has 3 aliphatic rings. The van der Waals surface area contributed by atoms with Gasteiger partial charge < -0.3 is 0 Å². The van der Waals surface area contributed by atoms with Crippen molar-refractivity contribution in [2.45, 2.75) is 51.4 Å². The van der Waals surface area contributed by atoms with Crippen molar-refractivity contribution in [1.82, 2.24) is 0 Å². The summed E-state index contributed by atoms with van der Waals surface area (Å²) in [7, 11) is 0. The second-order valence-electron chi connectivity index (χ2n) is 15.4. The lowest BCUT2D eigenvalue weighted by molar-refractivity contribution is 0.333. The third-order valence-electron chi connectivity index (χ3n) is 11.9. The zero-order valence-corrected chi connectivity index (χ0v) is 28.8. The first-order valence-electron chi connectivity index (χ1n) is 17.0. The molecular formula is C44H33BS2. The van der Waals surface area contributed by atoms with Crippen molar-refractivity contribution >= 4 is 86.1 Å². The molecular weight excluding hydrogens is 603 g/mol. The molecule has 0 bridgehead atoms. The first kappa shape index (κ1) is 26.8. The Balaban J connectivity index is 1.37. The van der Waals surface area contributed by atoms with E-state index in [2.05, 4.69) is 131 Å². The summed E-state index contributed by atoms with van der Waals surface area (Å²) in [6.45, 7) is 9.98. The predicted octanol–water partition coefficient (Wildman–Crippen LogP) is 10.9. The van der Waals surface area contributed by atoms with Gasteiger partial charge in [0.05, 0.1) is 0 Å². The summed E-state index contributed by atoms with van der Waals surface area (Å²) in [5.74, 6) is 0. The second-order valence-corrected chi connectivity index (χ2v) is 17.6. The maximum absolute atomic E-state index is 2.59. The first-order valence-corrected chi connectivity index (χ1v) is 18.6. The van der Waals surface area contributed by atoms with Gasteiger partial charge in [-0.25, -0.2) is 0 Å². The fraction of sp³-hybridized carbons (Fsp3) is 0.182. The highest BCUT2D eigenvalue weighted by atomic mass is 32.1. The van der Waals surface area contributed by atoms with Crippen molar-refractivity contribution in [3.05, 3.63) is 114 Å². The van der Waals surface area contributed by atoms with Crippen LogP contribution in [0, 0.1) is 0 Å². The largest absolute Gasteiger partial charge is 0.244 e. The number of rotatable bonds is 1. The lowest BCUT2D eigenvalue weighted by atomic mass is 9.35. The van der Waals surface area contributed by atoms with Crippen molar-refractivity contribution in [3.63, 3.8) is 0 Å². The number of hydrogen-bond acceptors (Lipinski definition) is 2. The predicted molar refractivity (Wildman–Crippen MR) is 208 cm³/mol. The lowest BCUT2D eigenvalue weighted by Crippen LogP contribution is -2.53. The summed E-state index contributed by atoms with van der Waals surface area (Å²) in [6, 6.07) is 40.5. The smallest absolute Gasteiger partial charge is 0.135 e. The van der Waals surface area contributed by atoms with Crippen LogP contribution in [0.3, 0.4) is 0 Å². The molecule has 0 N–H and O–H groups in total. The molecule has 47 heavy (non-hydrogen) atoms. The van der Waals surface area contributed by atoms with Crippen LogP contribution in [-0.4, -0.2) is 6.71 Å². The summed E-state index contributed by atoms with van der Waals surface area (Å²) in [6.07, 6.45) is 2.42. The summed E-state index contributed by atoms with van der Waals surface area (Å²) in [5.41, 5.74) is 16.0. The van der Waals surface area contributed by atoms with Crippen LogP contribution in [0.5, 0.6) is 0 Å². The fourth-order valence-corrected chi connectivity index (χ4v) is 12.1. The maximum atomic E-state index is 2.59. The monoisotopic (exact) mass is 636 g/mol. The van der Waals surface area contributed by atoms with Crippen molar-refractivity contribution in [3.8, 4) is 33.4 Å². The summed E-state index contributed by atoms with van der Waals surface area (Å²) in [4.78, 5) is 0. The highest BCUT2D eigenvalue weighted by molar-refractivity contribution is 7.27. The van der Waals surface area contributed by atoms with E-state index in [9.17, 15) is 0 Å². The molecule has 0 spiro atoms. The fourth-order valence-electron chi connectivity index (χ4n) is 9.73. The minimum absolute atomic E-state index is 0.108. The molecule has 2 aromatic heterocycles. The van der Waals surface area contributed by atoms with E-state index in [4.69, 9.17) is 0 Å². The minimum atomic E-state index is 0.108. The Bertz CT molecular complexity index is 2560. The van der Waals surface area contributed by atoms with Crippen molar-refractivity contribution in [2.24, 2.45) is 0 Å². The van der Waals surface area contributed by atoms with E-state index in [-0.39, 0.29) is 17.5 Å². The molecule has 0 amide bonds. The highest BCUT2D eigenvalue weighted by Gasteiger charge is 2.41. The van der Waals surface area contributed by atoms with Crippen molar-refractivity contribution < 1.29 is 0 Å². The Labute approximate surface area is 283 Å². The zero-order chi connectivity index (χ0) is 31.4. The van der Waals surface area contributed by atoms with Crippen LogP contribution in [0.25, 0.3) is 73.7 Å². The third kappa shape index (κ3) is 3.34. The van der Waals surface area contributed by atoms with E-state index in [1.807, 2.05) is 22.7 Å². The molecule has 0 fully saturated rings. The average Bonchev–Trinajstić information content (AvgIpc) is 3.58. The molecule has 0 atom stereocenters. The van der Waals surface area contributed by atoms with Crippen LogP contribution in [0.1, 0.15) is 51.7 Å². The van der Waals surface area contributed by atoms with E-state index >= 15 is 0 Å². The molecule has 8 aromatic rings. The average molecular weight is 637 g/mol. The molecule has 1 aliphatic carbocycles. The summed E-state index contributed by atoms with van der Waals surface area (Å²) < 4.78 is 5.56. The van der Waals surface area contributed by atoms with E-state index < -0.39 is 0 Å². The van der Waals surface area contributed by atoms with Gasteiger partial charge in [0.25, 0.3) is 0 Å². The van der Waals surface area contributed by atoms with Crippen molar-refractivity contribution in [1.29, 1.82) is 0 Å². The summed E-state index contributed by atoms with van der Waals surface area (Å²) in [5, 5.41) is 5.77.